The Labute approximate surface area is 89.9 Å². The maximum absolute atomic E-state index is 11.4. The Morgan fingerprint density at radius 2 is 2.27 bits per heavy atom. The van der Waals surface area contributed by atoms with Crippen LogP contribution in [0.25, 0.3) is 0 Å². The Morgan fingerprint density at radius 1 is 1.53 bits per heavy atom. The second-order valence-electron chi connectivity index (χ2n) is 4.34. The molecule has 2 rings (SSSR count). The van der Waals surface area contributed by atoms with Gasteiger partial charge in [-0.3, -0.25) is 9.48 Å². The van der Waals surface area contributed by atoms with Gasteiger partial charge in [0.25, 0.3) is 0 Å². The van der Waals surface area contributed by atoms with Crippen molar-refractivity contribution in [3.8, 4) is 0 Å². The first kappa shape index (κ1) is 10.2. The number of aryl methyl sites for hydroxylation is 2. The van der Waals surface area contributed by atoms with Crippen molar-refractivity contribution in [1.82, 2.24) is 9.78 Å². The molecule has 4 nitrogen and oxygen atoms in total. The predicted octanol–water partition coefficient (Wildman–Crippen LogP) is 1.14. The molecule has 0 aromatic carbocycles. The van der Waals surface area contributed by atoms with Gasteiger partial charge in [0.15, 0.2) is 0 Å². The minimum Gasteiger partial charge on any atom is -0.368 e. The van der Waals surface area contributed by atoms with Gasteiger partial charge in [0.2, 0.25) is 0 Å². The molecule has 1 aliphatic heterocycles. The average molecular weight is 207 g/mol. The molecule has 15 heavy (non-hydrogen) atoms. The molecule has 1 unspecified atom stereocenters. The first-order valence-corrected chi connectivity index (χ1v) is 5.36. The number of ketones is 1. The SMILES string of the molecule is Cc1nn(C)cc1N1CCC(=O)C(C)C1. The number of aromatic nitrogens is 2. The van der Waals surface area contributed by atoms with Gasteiger partial charge in [-0.25, -0.2) is 0 Å². The standard InChI is InChI=1S/C11H17N3O/c1-8-6-14(5-4-11(8)15)10-7-13(3)12-9(10)2/h7-8H,4-6H2,1-3H3. The van der Waals surface area contributed by atoms with Gasteiger partial charge in [0, 0.05) is 38.7 Å². The number of nitrogens with zero attached hydrogens (tertiary/aromatic N) is 3. The number of hydrogen-bond acceptors (Lipinski definition) is 3. The summed E-state index contributed by atoms with van der Waals surface area (Å²) in [5.41, 5.74) is 2.20. The van der Waals surface area contributed by atoms with E-state index in [0.29, 0.717) is 12.2 Å². The van der Waals surface area contributed by atoms with Crippen LogP contribution in [0.3, 0.4) is 0 Å². The molecule has 0 aliphatic carbocycles. The summed E-state index contributed by atoms with van der Waals surface area (Å²) in [6.45, 7) is 5.66. The minimum atomic E-state index is 0.151. The summed E-state index contributed by atoms with van der Waals surface area (Å²) in [5, 5.41) is 4.32. The highest BCUT2D eigenvalue weighted by Gasteiger charge is 2.25. The van der Waals surface area contributed by atoms with Crippen LogP contribution in [0.5, 0.6) is 0 Å². The molecular weight excluding hydrogens is 190 g/mol. The summed E-state index contributed by atoms with van der Waals surface area (Å²) >= 11 is 0. The van der Waals surface area contributed by atoms with Gasteiger partial charge in [0.05, 0.1) is 11.4 Å². The van der Waals surface area contributed by atoms with Crippen molar-refractivity contribution in [1.29, 1.82) is 0 Å². The van der Waals surface area contributed by atoms with Crippen molar-refractivity contribution in [3.63, 3.8) is 0 Å². The van der Waals surface area contributed by atoms with E-state index >= 15 is 0 Å². The van der Waals surface area contributed by atoms with E-state index < -0.39 is 0 Å². The van der Waals surface area contributed by atoms with Crippen molar-refractivity contribution in [3.05, 3.63) is 11.9 Å². The summed E-state index contributed by atoms with van der Waals surface area (Å²) in [6.07, 6.45) is 2.69. The highest BCUT2D eigenvalue weighted by Crippen LogP contribution is 2.23. The molecule has 0 N–H and O–H groups in total. The number of rotatable bonds is 1. The van der Waals surface area contributed by atoms with Crippen molar-refractivity contribution >= 4 is 11.5 Å². The van der Waals surface area contributed by atoms with E-state index in [1.165, 1.54) is 0 Å². The van der Waals surface area contributed by atoms with E-state index in [9.17, 15) is 4.79 Å². The van der Waals surface area contributed by atoms with Crippen molar-refractivity contribution in [2.24, 2.45) is 13.0 Å². The minimum absolute atomic E-state index is 0.151. The zero-order valence-corrected chi connectivity index (χ0v) is 9.53. The first-order chi connectivity index (χ1) is 7.08. The molecule has 1 aromatic heterocycles. The fourth-order valence-electron chi connectivity index (χ4n) is 2.13. The quantitative estimate of drug-likeness (QED) is 0.693. The molecule has 1 aromatic rings. The molecule has 1 fully saturated rings. The van der Waals surface area contributed by atoms with Crippen LogP contribution in [-0.4, -0.2) is 28.7 Å². The lowest BCUT2D eigenvalue weighted by molar-refractivity contribution is -0.122. The molecule has 1 atom stereocenters. The summed E-state index contributed by atoms with van der Waals surface area (Å²) in [5.74, 6) is 0.533. The van der Waals surface area contributed by atoms with E-state index in [-0.39, 0.29) is 5.92 Å². The fourth-order valence-corrected chi connectivity index (χ4v) is 2.13. The smallest absolute Gasteiger partial charge is 0.139 e. The number of hydrogen-bond donors (Lipinski definition) is 0. The van der Waals surface area contributed by atoms with Crippen molar-refractivity contribution in [2.75, 3.05) is 18.0 Å². The molecule has 0 radical (unpaired) electrons. The van der Waals surface area contributed by atoms with Gasteiger partial charge in [-0.15, -0.1) is 0 Å². The van der Waals surface area contributed by atoms with Gasteiger partial charge in [-0.05, 0) is 6.92 Å². The van der Waals surface area contributed by atoms with Crippen LogP contribution in [0.4, 0.5) is 5.69 Å². The van der Waals surface area contributed by atoms with Gasteiger partial charge >= 0.3 is 0 Å². The lowest BCUT2D eigenvalue weighted by atomic mass is 9.98. The summed E-state index contributed by atoms with van der Waals surface area (Å²) in [4.78, 5) is 13.7. The molecule has 0 amide bonds. The molecule has 2 heterocycles. The number of Topliss-reactive ketones (excluding diaryl/α,β-unsaturated/α-hetero) is 1. The number of anilines is 1. The summed E-state index contributed by atoms with van der Waals surface area (Å²) in [6, 6.07) is 0. The monoisotopic (exact) mass is 207 g/mol. The van der Waals surface area contributed by atoms with Crippen LogP contribution >= 0.6 is 0 Å². The third kappa shape index (κ3) is 1.89. The molecular formula is C11H17N3O. The second kappa shape index (κ2) is 3.68. The van der Waals surface area contributed by atoms with Crippen LogP contribution in [0.1, 0.15) is 19.0 Å². The van der Waals surface area contributed by atoms with Crippen molar-refractivity contribution in [2.45, 2.75) is 20.3 Å². The van der Waals surface area contributed by atoms with Crippen LogP contribution in [0.2, 0.25) is 0 Å². The number of carbonyl (C=O) groups is 1. The normalized spacial score (nSPS) is 22.2. The molecule has 0 spiro atoms. The van der Waals surface area contributed by atoms with E-state index in [1.54, 1.807) is 0 Å². The van der Waals surface area contributed by atoms with Crippen LogP contribution < -0.4 is 4.90 Å². The highest BCUT2D eigenvalue weighted by atomic mass is 16.1. The molecule has 82 valence electrons. The number of carbonyl (C=O) groups excluding carboxylic acids is 1. The largest absolute Gasteiger partial charge is 0.368 e. The Balaban J connectivity index is 2.18. The third-order valence-corrected chi connectivity index (χ3v) is 3.00. The fraction of sp³-hybridized carbons (Fsp3) is 0.636. The Kier molecular flexibility index (Phi) is 2.50. The molecule has 1 saturated heterocycles. The third-order valence-electron chi connectivity index (χ3n) is 3.00. The predicted molar refractivity (Wildman–Crippen MR) is 58.9 cm³/mol. The Morgan fingerprint density at radius 3 is 2.80 bits per heavy atom. The summed E-state index contributed by atoms with van der Waals surface area (Å²) in [7, 11) is 1.93. The zero-order chi connectivity index (χ0) is 11.0. The number of piperidine rings is 1. The first-order valence-electron chi connectivity index (χ1n) is 5.36. The molecule has 0 bridgehead atoms. The van der Waals surface area contributed by atoms with Gasteiger partial charge in [0.1, 0.15) is 5.78 Å². The second-order valence-corrected chi connectivity index (χ2v) is 4.34. The lowest BCUT2D eigenvalue weighted by Gasteiger charge is -2.31. The topological polar surface area (TPSA) is 38.1 Å². The summed E-state index contributed by atoms with van der Waals surface area (Å²) < 4.78 is 1.83. The molecule has 4 heteroatoms. The maximum Gasteiger partial charge on any atom is 0.139 e. The molecule has 0 saturated carbocycles. The maximum atomic E-state index is 11.4. The van der Waals surface area contributed by atoms with Gasteiger partial charge in [-0.2, -0.15) is 5.10 Å². The highest BCUT2D eigenvalue weighted by molar-refractivity contribution is 5.83. The molecule has 1 aliphatic rings. The van der Waals surface area contributed by atoms with Crippen molar-refractivity contribution < 1.29 is 4.79 Å². The van der Waals surface area contributed by atoms with E-state index in [0.717, 1.165) is 24.5 Å². The van der Waals surface area contributed by atoms with Crippen LogP contribution in [-0.2, 0) is 11.8 Å². The van der Waals surface area contributed by atoms with E-state index in [1.807, 2.05) is 31.8 Å². The Hall–Kier alpha value is -1.32. The van der Waals surface area contributed by atoms with E-state index in [2.05, 4.69) is 10.00 Å². The van der Waals surface area contributed by atoms with Gasteiger partial charge in [-0.1, -0.05) is 6.92 Å². The van der Waals surface area contributed by atoms with E-state index in [4.69, 9.17) is 0 Å². The zero-order valence-electron chi connectivity index (χ0n) is 9.53. The Bertz CT molecular complexity index is 383. The van der Waals surface area contributed by atoms with Gasteiger partial charge < -0.3 is 4.90 Å². The lowest BCUT2D eigenvalue weighted by Crippen LogP contribution is -2.39. The average Bonchev–Trinajstić information content (AvgIpc) is 2.50. The van der Waals surface area contributed by atoms with Crippen LogP contribution in [0.15, 0.2) is 6.20 Å². The van der Waals surface area contributed by atoms with Crippen LogP contribution in [0, 0.1) is 12.8 Å².